The van der Waals surface area contributed by atoms with E-state index < -0.39 is 10.9 Å². The Hall–Kier alpha value is -0.680. The van der Waals surface area contributed by atoms with Gasteiger partial charge in [0.05, 0.1) is 5.69 Å². The van der Waals surface area contributed by atoms with Crippen molar-refractivity contribution in [2.75, 3.05) is 11.0 Å². The fourth-order valence-electron chi connectivity index (χ4n) is 0.835. The van der Waals surface area contributed by atoms with E-state index >= 15 is 0 Å². The lowest BCUT2D eigenvalue weighted by molar-refractivity contribution is 0.619. The molecule has 0 atom stereocenters. The van der Waals surface area contributed by atoms with E-state index in [1.165, 1.54) is 11.8 Å². The van der Waals surface area contributed by atoms with Crippen LogP contribution in [-0.2, 0) is 10.9 Å². The third kappa shape index (κ3) is 2.42. The fourth-order valence-corrected chi connectivity index (χ4v) is 1.86. The molecule has 0 saturated carbocycles. The van der Waals surface area contributed by atoms with Crippen LogP contribution in [-0.4, -0.2) is 14.7 Å². The van der Waals surface area contributed by atoms with E-state index in [9.17, 15) is 8.42 Å². The summed E-state index contributed by atoms with van der Waals surface area (Å²) in [5, 5.41) is 0. The second-order valence-electron chi connectivity index (χ2n) is 2.07. The van der Waals surface area contributed by atoms with Gasteiger partial charge in [-0.15, -0.1) is 11.8 Å². The van der Waals surface area contributed by atoms with Crippen molar-refractivity contribution >= 4 is 28.3 Å². The predicted molar refractivity (Wildman–Crippen MR) is 52.2 cm³/mol. The standard InChI is InChI=1S/C7H9NO2S2/c1-11-7-5-3-2-4-6(7)8-12(9)10/h2-5,12H,1H3,(H,8,9,10). The minimum atomic E-state index is -2.56. The van der Waals surface area contributed by atoms with Gasteiger partial charge in [0.25, 0.3) is 0 Å². The van der Waals surface area contributed by atoms with Crippen molar-refractivity contribution in [3.63, 3.8) is 0 Å². The number of benzene rings is 1. The zero-order valence-corrected chi connectivity index (χ0v) is 8.19. The maximum atomic E-state index is 10.4. The van der Waals surface area contributed by atoms with E-state index in [1.807, 2.05) is 18.4 Å². The molecule has 3 nitrogen and oxygen atoms in total. The van der Waals surface area contributed by atoms with Crippen molar-refractivity contribution in [1.29, 1.82) is 0 Å². The molecule has 5 heteroatoms. The van der Waals surface area contributed by atoms with Gasteiger partial charge in [0.1, 0.15) is 0 Å². The molecule has 0 spiro atoms. The number of hydrogen-bond donors (Lipinski definition) is 2. The Balaban J connectivity index is 2.96. The van der Waals surface area contributed by atoms with E-state index in [1.54, 1.807) is 12.1 Å². The zero-order chi connectivity index (χ0) is 8.97. The van der Waals surface area contributed by atoms with Gasteiger partial charge in [-0.3, -0.25) is 4.72 Å². The molecule has 0 aliphatic heterocycles. The molecule has 1 aromatic rings. The summed E-state index contributed by atoms with van der Waals surface area (Å²) >= 11 is 1.51. The molecule has 0 bridgehead atoms. The number of hydrogen-bond acceptors (Lipinski definition) is 3. The molecule has 0 aromatic heterocycles. The lowest BCUT2D eigenvalue weighted by atomic mass is 10.3. The number of nitrogens with one attached hydrogen (secondary N) is 1. The molecule has 66 valence electrons. The molecule has 0 saturated heterocycles. The van der Waals surface area contributed by atoms with Gasteiger partial charge in [0, 0.05) is 4.90 Å². The average molecular weight is 203 g/mol. The van der Waals surface area contributed by atoms with Gasteiger partial charge < -0.3 is 0 Å². The number of thiol groups is 1. The predicted octanol–water partition coefficient (Wildman–Crippen LogP) is 1.35. The van der Waals surface area contributed by atoms with E-state index in [0.717, 1.165) is 4.90 Å². The largest absolute Gasteiger partial charge is 0.285 e. The summed E-state index contributed by atoms with van der Waals surface area (Å²) in [5.74, 6) is 0. The van der Waals surface area contributed by atoms with Gasteiger partial charge in [0.2, 0.25) is 10.9 Å². The zero-order valence-electron chi connectivity index (χ0n) is 6.48. The molecule has 0 aliphatic carbocycles. The highest BCUT2D eigenvalue weighted by molar-refractivity contribution is 7.98. The molecular weight excluding hydrogens is 194 g/mol. The van der Waals surface area contributed by atoms with Crippen LogP contribution in [0.25, 0.3) is 0 Å². The van der Waals surface area contributed by atoms with Crippen molar-refractivity contribution in [1.82, 2.24) is 0 Å². The number of rotatable bonds is 3. The SMILES string of the molecule is CSc1ccccc1N[SH](=O)=O. The Kier molecular flexibility index (Phi) is 3.43. The van der Waals surface area contributed by atoms with Crippen LogP contribution < -0.4 is 4.72 Å². The van der Waals surface area contributed by atoms with Crippen molar-refractivity contribution in [2.45, 2.75) is 4.90 Å². The highest BCUT2D eigenvalue weighted by Crippen LogP contribution is 2.24. The van der Waals surface area contributed by atoms with E-state index in [4.69, 9.17) is 0 Å². The van der Waals surface area contributed by atoms with Gasteiger partial charge in [-0.05, 0) is 18.4 Å². The van der Waals surface area contributed by atoms with Crippen LogP contribution in [0.3, 0.4) is 0 Å². The summed E-state index contributed by atoms with van der Waals surface area (Å²) in [6, 6.07) is 7.26. The third-order valence-electron chi connectivity index (χ3n) is 1.32. The van der Waals surface area contributed by atoms with Crippen LogP contribution in [0.15, 0.2) is 29.2 Å². The summed E-state index contributed by atoms with van der Waals surface area (Å²) in [7, 11) is -2.56. The lowest BCUT2D eigenvalue weighted by Gasteiger charge is -2.03. The summed E-state index contributed by atoms with van der Waals surface area (Å²) < 4.78 is 23.1. The lowest BCUT2D eigenvalue weighted by Crippen LogP contribution is -1.95. The first kappa shape index (κ1) is 9.41. The fraction of sp³-hybridized carbons (Fsp3) is 0.143. The summed E-state index contributed by atoms with van der Waals surface area (Å²) in [5.41, 5.74) is 0.640. The van der Waals surface area contributed by atoms with Crippen LogP contribution in [0.5, 0.6) is 0 Å². The maximum absolute atomic E-state index is 10.4. The molecule has 0 unspecified atom stereocenters. The topological polar surface area (TPSA) is 46.2 Å². The first-order chi connectivity index (χ1) is 5.74. The molecule has 0 aliphatic rings. The van der Waals surface area contributed by atoms with Crippen molar-refractivity contribution in [3.05, 3.63) is 24.3 Å². The highest BCUT2D eigenvalue weighted by Gasteiger charge is 1.98. The minimum Gasteiger partial charge on any atom is -0.285 e. The van der Waals surface area contributed by atoms with E-state index in [0.29, 0.717) is 5.69 Å². The van der Waals surface area contributed by atoms with Crippen LogP contribution in [0, 0.1) is 0 Å². The first-order valence-corrected chi connectivity index (χ1v) is 5.68. The molecular formula is C7H9NO2S2. The number of para-hydroxylation sites is 1. The van der Waals surface area contributed by atoms with Gasteiger partial charge in [-0.1, -0.05) is 12.1 Å². The van der Waals surface area contributed by atoms with E-state index in [2.05, 4.69) is 4.72 Å². The smallest absolute Gasteiger partial charge is 0.222 e. The van der Waals surface area contributed by atoms with Crippen LogP contribution in [0.4, 0.5) is 5.69 Å². The van der Waals surface area contributed by atoms with Crippen molar-refractivity contribution in [3.8, 4) is 0 Å². The highest BCUT2D eigenvalue weighted by atomic mass is 32.2. The summed E-state index contributed by atoms with van der Waals surface area (Å²) in [6.45, 7) is 0. The second kappa shape index (κ2) is 4.37. The molecule has 1 aromatic carbocycles. The normalized spacial score (nSPS) is 10.2. The summed E-state index contributed by atoms with van der Waals surface area (Å²) in [6.07, 6.45) is 1.90. The minimum absolute atomic E-state index is 0.640. The Morgan fingerprint density at radius 1 is 1.33 bits per heavy atom. The first-order valence-electron chi connectivity index (χ1n) is 3.28. The molecule has 1 rings (SSSR count). The van der Waals surface area contributed by atoms with Gasteiger partial charge in [0.15, 0.2) is 0 Å². The van der Waals surface area contributed by atoms with Crippen molar-refractivity contribution < 1.29 is 8.42 Å². The van der Waals surface area contributed by atoms with Crippen molar-refractivity contribution in [2.24, 2.45) is 0 Å². The average Bonchev–Trinajstić information content (AvgIpc) is 2.04. The van der Waals surface area contributed by atoms with Gasteiger partial charge in [-0.25, -0.2) is 8.42 Å². The van der Waals surface area contributed by atoms with Crippen LogP contribution in [0.1, 0.15) is 0 Å². The molecule has 1 N–H and O–H groups in total. The Morgan fingerprint density at radius 2 is 2.00 bits per heavy atom. The molecule has 0 amide bonds. The molecule has 0 heterocycles. The van der Waals surface area contributed by atoms with Gasteiger partial charge >= 0.3 is 0 Å². The quantitative estimate of drug-likeness (QED) is 0.576. The Bertz CT molecular complexity index is 328. The summed E-state index contributed by atoms with van der Waals surface area (Å²) in [4.78, 5) is 0.928. The Morgan fingerprint density at radius 3 is 2.58 bits per heavy atom. The second-order valence-corrected chi connectivity index (χ2v) is 3.66. The molecule has 0 fully saturated rings. The maximum Gasteiger partial charge on any atom is 0.222 e. The third-order valence-corrected chi connectivity index (χ3v) is 2.54. The number of anilines is 1. The Labute approximate surface area is 77.3 Å². The van der Waals surface area contributed by atoms with E-state index in [-0.39, 0.29) is 0 Å². The van der Waals surface area contributed by atoms with Crippen LogP contribution >= 0.6 is 11.8 Å². The van der Waals surface area contributed by atoms with Gasteiger partial charge in [-0.2, -0.15) is 0 Å². The monoisotopic (exact) mass is 203 g/mol. The number of thioether (sulfide) groups is 1. The molecule has 12 heavy (non-hydrogen) atoms. The van der Waals surface area contributed by atoms with Crippen LogP contribution in [0.2, 0.25) is 0 Å². The molecule has 0 radical (unpaired) electrons.